The predicted molar refractivity (Wildman–Crippen MR) is 70.0 cm³/mol. The molecular weight excluding hydrogens is 228 g/mol. The molecule has 0 atom stereocenters. The molecule has 1 aliphatic rings. The molecular formula is C15H20O3. The summed E-state index contributed by atoms with van der Waals surface area (Å²) in [6, 6.07) is 5.96. The van der Waals surface area contributed by atoms with Gasteiger partial charge in [-0.25, -0.2) is 0 Å². The maximum atomic E-state index is 11.6. The van der Waals surface area contributed by atoms with E-state index in [1.165, 1.54) is 0 Å². The van der Waals surface area contributed by atoms with E-state index in [1.54, 1.807) is 7.11 Å². The highest BCUT2D eigenvalue weighted by atomic mass is 16.5. The summed E-state index contributed by atoms with van der Waals surface area (Å²) in [5.41, 5.74) is 1.58. The van der Waals surface area contributed by atoms with E-state index >= 15 is 0 Å². The summed E-state index contributed by atoms with van der Waals surface area (Å²) in [7, 11) is 1.64. The standard InChI is InChI=1S/C15H20O3/c1-11-5-6-13(18-2)12(9-11)10-15(14(16)17)7-3-4-8-15/h5-6,9H,3-4,7-8,10H2,1-2H3,(H,16,17). The van der Waals surface area contributed by atoms with Crippen LogP contribution in [0, 0.1) is 12.3 Å². The minimum Gasteiger partial charge on any atom is -0.496 e. The molecule has 3 heteroatoms. The Bertz CT molecular complexity index is 445. The van der Waals surface area contributed by atoms with Gasteiger partial charge in [-0.1, -0.05) is 30.5 Å². The number of aryl methyl sites for hydroxylation is 1. The van der Waals surface area contributed by atoms with Gasteiger partial charge in [-0.05, 0) is 37.8 Å². The van der Waals surface area contributed by atoms with Crippen molar-refractivity contribution in [1.82, 2.24) is 0 Å². The Morgan fingerprint density at radius 3 is 2.61 bits per heavy atom. The summed E-state index contributed by atoms with van der Waals surface area (Å²) in [5.74, 6) is 0.136. The molecule has 0 spiro atoms. The monoisotopic (exact) mass is 248 g/mol. The first-order valence-electron chi connectivity index (χ1n) is 6.44. The molecule has 0 aliphatic heterocycles. The predicted octanol–water partition coefficient (Wildman–Crippen LogP) is 3.19. The van der Waals surface area contributed by atoms with Crippen molar-refractivity contribution in [3.63, 3.8) is 0 Å². The summed E-state index contributed by atoms with van der Waals surface area (Å²) in [6.45, 7) is 2.02. The number of ether oxygens (including phenoxy) is 1. The van der Waals surface area contributed by atoms with E-state index in [2.05, 4.69) is 0 Å². The average molecular weight is 248 g/mol. The molecule has 0 bridgehead atoms. The lowest BCUT2D eigenvalue weighted by Gasteiger charge is -2.25. The fraction of sp³-hybridized carbons (Fsp3) is 0.533. The van der Waals surface area contributed by atoms with Crippen LogP contribution in [-0.2, 0) is 11.2 Å². The second-order valence-corrected chi connectivity index (χ2v) is 5.28. The highest BCUT2D eigenvalue weighted by molar-refractivity contribution is 5.75. The first-order valence-corrected chi connectivity index (χ1v) is 6.44. The van der Waals surface area contributed by atoms with Gasteiger partial charge in [0.1, 0.15) is 5.75 Å². The molecule has 3 nitrogen and oxygen atoms in total. The van der Waals surface area contributed by atoms with E-state index in [-0.39, 0.29) is 0 Å². The van der Waals surface area contributed by atoms with Gasteiger partial charge in [0.15, 0.2) is 0 Å². The van der Waals surface area contributed by atoms with Crippen molar-refractivity contribution in [3.8, 4) is 5.75 Å². The van der Waals surface area contributed by atoms with Gasteiger partial charge in [0, 0.05) is 0 Å². The lowest BCUT2D eigenvalue weighted by molar-refractivity contribution is -0.148. The lowest BCUT2D eigenvalue weighted by atomic mass is 9.79. The normalized spacial score (nSPS) is 17.7. The fourth-order valence-corrected chi connectivity index (χ4v) is 2.93. The van der Waals surface area contributed by atoms with Gasteiger partial charge in [-0.2, -0.15) is 0 Å². The Balaban J connectivity index is 2.32. The van der Waals surface area contributed by atoms with Crippen LogP contribution in [0.4, 0.5) is 0 Å². The van der Waals surface area contributed by atoms with Gasteiger partial charge in [-0.3, -0.25) is 4.79 Å². The molecule has 18 heavy (non-hydrogen) atoms. The Morgan fingerprint density at radius 1 is 1.39 bits per heavy atom. The molecule has 98 valence electrons. The number of hydrogen-bond donors (Lipinski definition) is 1. The highest BCUT2D eigenvalue weighted by Crippen LogP contribution is 2.42. The molecule has 1 aromatic carbocycles. The summed E-state index contributed by atoms with van der Waals surface area (Å²) in [5, 5.41) is 9.52. The number of aliphatic carboxylic acids is 1. The maximum absolute atomic E-state index is 11.6. The second-order valence-electron chi connectivity index (χ2n) is 5.28. The van der Waals surface area contributed by atoms with Crippen molar-refractivity contribution in [2.45, 2.75) is 39.0 Å². The topological polar surface area (TPSA) is 46.5 Å². The largest absolute Gasteiger partial charge is 0.496 e. The third kappa shape index (κ3) is 2.35. The van der Waals surface area contributed by atoms with Crippen LogP contribution in [0.5, 0.6) is 5.75 Å². The zero-order valence-electron chi connectivity index (χ0n) is 11.0. The van der Waals surface area contributed by atoms with Gasteiger partial charge >= 0.3 is 5.97 Å². The van der Waals surface area contributed by atoms with E-state index in [4.69, 9.17) is 4.74 Å². The number of hydrogen-bond acceptors (Lipinski definition) is 2. The summed E-state index contributed by atoms with van der Waals surface area (Å²) < 4.78 is 5.34. The number of carboxylic acid groups (broad SMARTS) is 1. The van der Waals surface area contributed by atoms with E-state index in [9.17, 15) is 9.90 Å². The van der Waals surface area contributed by atoms with Gasteiger partial charge in [0.05, 0.1) is 12.5 Å². The molecule has 0 amide bonds. The first kappa shape index (κ1) is 12.9. The van der Waals surface area contributed by atoms with E-state index in [0.29, 0.717) is 6.42 Å². The van der Waals surface area contributed by atoms with Crippen molar-refractivity contribution < 1.29 is 14.6 Å². The van der Waals surface area contributed by atoms with Crippen LogP contribution < -0.4 is 4.74 Å². The number of methoxy groups -OCH3 is 1. The van der Waals surface area contributed by atoms with Gasteiger partial charge in [0.2, 0.25) is 0 Å². The molecule has 0 aromatic heterocycles. The quantitative estimate of drug-likeness (QED) is 0.890. The molecule has 0 unspecified atom stereocenters. The van der Waals surface area contributed by atoms with Crippen LogP contribution in [0.25, 0.3) is 0 Å². The molecule has 1 fully saturated rings. The number of carbonyl (C=O) groups is 1. The summed E-state index contributed by atoms with van der Waals surface area (Å²) >= 11 is 0. The summed E-state index contributed by atoms with van der Waals surface area (Å²) in [6.07, 6.45) is 4.16. The van der Waals surface area contributed by atoms with Crippen molar-refractivity contribution >= 4 is 5.97 Å². The molecule has 0 saturated heterocycles. The Morgan fingerprint density at radius 2 is 2.06 bits per heavy atom. The third-order valence-corrected chi connectivity index (χ3v) is 3.98. The van der Waals surface area contributed by atoms with Gasteiger partial charge < -0.3 is 9.84 Å². The van der Waals surface area contributed by atoms with Gasteiger partial charge in [-0.15, -0.1) is 0 Å². The molecule has 0 heterocycles. The second kappa shape index (κ2) is 5.01. The number of rotatable bonds is 4. The highest BCUT2D eigenvalue weighted by Gasteiger charge is 2.41. The van der Waals surface area contributed by atoms with Crippen LogP contribution in [0.1, 0.15) is 36.8 Å². The molecule has 1 saturated carbocycles. The Labute approximate surface area is 108 Å². The zero-order chi connectivity index (χ0) is 13.2. The van der Waals surface area contributed by atoms with Crippen molar-refractivity contribution in [2.24, 2.45) is 5.41 Å². The fourth-order valence-electron chi connectivity index (χ4n) is 2.93. The number of carboxylic acids is 1. The molecule has 2 rings (SSSR count). The van der Waals surface area contributed by atoms with E-state index < -0.39 is 11.4 Å². The Kier molecular flexibility index (Phi) is 3.60. The van der Waals surface area contributed by atoms with E-state index in [0.717, 1.165) is 42.6 Å². The van der Waals surface area contributed by atoms with E-state index in [1.807, 2.05) is 25.1 Å². The minimum absolute atomic E-state index is 0.577. The Hall–Kier alpha value is -1.51. The third-order valence-electron chi connectivity index (χ3n) is 3.98. The van der Waals surface area contributed by atoms with Crippen LogP contribution in [-0.4, -0.2) is 18.2 Å². The SMILES string of the molecule is COc1ccc(C)cc1CC1(C(=O)O)CCCC1. The molecule has 1 aromatic rings. The zero-order valence-corrected chi connectivity index (χ0v) is 11.0. The van der Waals surface area contributed by atoms with Gasteiger partial charge in [0.25, 0.3) is 0 Å². The van der Waals surface area contributed by atoms with Crippen LogP contribution in [0.3, 0.4) is 0 Å². The van der Waals surface area contributed by atoms with Crippen LogP contribution >= 0.6 is 0 Å². The maximum Gasteiger partial charge on any atom is 0.309 e. The minimum atomic E-state index is -0.663. The molecule has 1 N–H and O–H groups in total. The van der Waals surface area contributed by atoms with Crippen LogP contribution in [0.2, 0.25) is 0 Å². The van der Waals surface area contributed by atoms with Crippen molar-refractivity contribution in [3.05, 3.63) is 29.3 Å². The van der Waals surface area contributed by atoms with Crippen molar-refractivity contribution in [2.75, 3.05) is 7.11 Å². The smallest absolute Gasteiger partial charge is 0.309 e. The lowest BCUT2D eigenvalue weighted by Crippen LogP contribution is -2.30. The molecule has 0 radical (unpaired) electrons. The number of benzene rings is 1. The van der Waals surface area contributed by atoms with Crippen LogP contribution in [0.15, 0.2) is 18.2 Å². The first-order chi connectivity index (χ1) is 8.57. The van der Waals surface area contributed by atoms with Crippen molar-refractivity contribution in [1.29, 1.82) is 0 Å². The molecule has 1 aliphatic carbocycles. The average Bonchev–Trinajstić information content (AvgIpc) is 2.79. The summed E-state index contributed by atoms with van der Waals surface area (Å²) in [4.78, 5) is 11.6.